The Balaban J connectivity index is 1.51. The number of nitrogens with zero attached hydrogens (tertiary/aromatic N) is 3. The van der Waals surface area contributed by atoms with Crippen molar-refractivity contribution in [3.8, 4) is 0 Å². The Labute approximate surface area is 160 Å². The lowest BCUT2D eigenvalue weighted by molar-refractivity contribution is 0.514. The van der Waals surface area contributed by atoms with Crippen molar-refractivity contribution in [2.45, 2.75) is 4.90 Å². The van der Waals surface area contributed by atoms with E-state index in [9.17, 15) is 17.2 Å². The maximum Gasteiger partial charge on any atom is 0.246 e. The molecule has 8 nitrogen and oxygen atoms in total. The van der Waals surface area contributed by atoms with Gasteiger partial charge in [-0.3, -0.25) is 4.98 Å². The van der Waals surface area contributed by atoms with Crippen LogP contribution >= 0.6 is 0 Å². The van der Waals surface area contributed by atoms with Gasteiger partial charge in [-0.15, -0.1) is 10.2 Å². The second-order valence-corrected chi connectivity index (χ2v) is 7.24. The number of hydrogen-bond acceptors (Lipinski definition) is 7. The van der Waals surface area contributed by atoms with Crippen LogP contribution in [0.15, 0.2) is 59.8 Å². The highest BCUT2D eigenvalue weighted by atomic mass is 32.2. The minimum absolute atomic E-state index is 0.102. The minimum Gasteiger partial charge on any atom is -0.367 e. The molecule has 0 bridgehead atoms. The Morgan fingerprint density at radius 2 is 1.50 bits per heavy atom. The normalized spacial score (nSPS) is 11.2. The lowest BCUT2D eigenvalue weighted by atomic mass is 10.3. The minimum atomic E-state index is -4.31. The van der Waals surface area contributed by atoms with Crippen molar-refractivity contribution in [1.29, 1.82) is 0 Å². The molecule has 0 radical (unpaired) electrons. The Morgan fingerprint density at radius 3 is 2.14 bits per heavy atom. The molecule has 0 unspecified atom stereocenters. The molecule has 2 aromatic heterocycles. The zero-order chi connectivity index (χ0) is 20.0. The standard InChI is InChI=1S/C17H16F2N6O2S/c18-13-2-1-3-14(19)17(13)28(26,27)22-11-10-21-15-4-5-16(25-24-15)23-12-6-8-20-9-7-12/h1-9,22H,10-11H2,(H,21,24)(H,20,23,25). The molecule has 2 heterocycles. The predicted octanol–water partition coefficient (Wildman–Crippen LogP) is 2.28. The van der Waals surface area contributed by atoms with E-state index in [-0.39, 0.29) is 13.1 Å². The lowest BCUT2D eigenvalue weighted by Gasteiger charge is -2.10. The third-order valence-electron chi connectivity index (χ3n) is 3.53. The summed E-state index contributed by atoms with van der Waals surface area (Å²) in [4.78, 5) is 2.91. The van der Waals surface area contributed by atoms with Gasteiger partial charge in [0, 0.05) is 31.2 Å². The molecule has 0 amide bonds. The molecule has 11 heteroatoms. The predicted molar refractivity (Wildman–Crippen MR) is 99.6 cm³/mol. The van der Waals surface area contributed by atoms with Crippen LogP contribution in [0.25, 0.3) is 0 Å². The first-order chi connectivity index (χ1) is 13.5. The summed E-state index contributed by atoms with van der Waals surface area (Å²) in [5.41, 5.74) is 0.805. The molecule has 0 aliphatic heterocycles. The van der Waals surface area contributed by atoms with Crippen molar-refractivity contribution >= 4 is 27.3 Å². The lowest BCUT2D eigenvalue weighted by Crippen LogP contribution is -2.30. The van der Waals surface area contributed by atoms with Crippen molar-refractivity contribution in [3.05, 3.63) is 66.5 Å². The summed E-state index contributed by atoms with van der Waals surface area (Å²) >= 11 is 0. The van der Waals surface area contributed by atoms with Gasteiger partial charge in [-0.25, -0.2) is 21.9 Å². The van der Waals surface area contributed by atoms with Gasteiger partial charge < -0.3 is 10.6 Å². The number of anilines is 3. The zero-order valence-electron chi connectivity index (χ0n) is 14.4. The molecule has 0 fully saturated rings. The first-order valence-electron chi connectivity index (χ1n) is 8.14. The number of nitrogens with one attached hydrogen (secondary N) is 3. The maximum atomic E-state index is 13.6. The van der Waals surface area contributed by atoms with Gasteiger partial charge in [0.05, 0.1) is 0 Å². The molecule has 0 atom stereocenters. The van der Waals surface area contributed by atoms with Gasteiger partial charge in [0.15, 0.2) is 10.7 Å². The van der Waals surface area contributed by atoms with Crippen molar-refractivity contribution < 1.29 is 17.2 Å². The van der Waals surface area contributed by atoms with Gasteiger partial charge in [0.1, 0.15) is 17.5 Å². The molecule has 0 saturated carbocycles. The maximum absolute atomic E-state index is 13.6. The van der Waals surface area contributed by atoms with Crippen molar-refractivity contribution in [1.82, 2.24) is 19.9 Å². The van der Waals surface area contributed by atoms with E-state index in [1.54, 1.807) is 36.7 Å². The van der Waals surface area contributed by atoms with E-state index in [2.05, 4.69) is 30.5 Å². The Hall–Kier alpha value is -3.18. The number of halogens is 2. The number of rotatable bonds is 8. The van der Waals surface area contributed by atoms with Gasteiger partial charge in [0.25, 0.3) is 0 Å². The molecule has 3 N–H and O–H groups in total. The summed E-state index contributed by atoms with van der Waals surface area (Å²) in [7, 11) is -4.31. The number of hydrogen-bond donors (Lipinski definition) is 3. The van der Waals surface area contributed by atoms with Crippen LogP contribution in [0.2, 0.25) is 0 Å². The smallest absolute Gasteiger partial charge is 0.246 e. The molecule has 1 aromatic carbocycles. The fourth-order valence-corrected chi connectivity index (χ4v) is 3.43. The highest BCUT2D eigenvalue weighted by molar-refractivity contribution is 7.89. The van der Waals surface area contributed by atoms with Crippen molar-refractivity contribution in [3.63, 3.8) is 0 Å². The molecular formula is C17H16F2N6O2S. The second kappa shape index (κ2) is 8.67. The monoisotopic (exact) mass is 406 g/mol. The Morgan fingerprint density at radius 1 is 0.857 bits per heavy atom. The van der Waals surface area contributed by atoms with Crippen LogP contribution < -0.4 is 15.4 Å². The number of benzene rings is 1. The van der Waals surface area contributed by atoms with E-state index in [1.807, 2.05) is 0 Å². The molecule has 0 spiro atoms. The molecule has 3 rings (SSSR count). The van der Waals surface area contributed by atoms with E-state index < -0.39 is 26.6 Å². The Kier molecular flexibility index (Phi) is 6.06. The number of aromatic nitrogens is 3. The fraction of sp³-hybridized carbons (Fsp3) is 0.118. The molecule has 0 saturated heterocycles. The van der Waals surface area contributed by atoms with Crippen LogP contribution in [0.3, 0.4) is 0 Å². The van der Waals surface area contributed by atoms with Gasteiger partial charge in [-0.05, 0) is 36.4 Å². The van der Waals surface area contributed by atoms with Crippen LogP contribution in [0.4, 0.5) is 26.1 Å². The molecular weight excluding hydrogens is 390 g/mol. The van der Waals surface area contributed by atoms with Gasteiger partial charge in [-0.2, -0.15) is 0 Å². The van der Waals surface area contributed by atoms with Crippen molar-refractivity contribution in [2.24, 2.45) is 0 Å². The summed E-state index contributed by atoms with van der Waals surface area (Å²) in [5, 5.41) is 13.9. The Bertz CT molecular complexity index is 1010. The first-order valence-corrected chi connectivity index (χ1v) is 9.62. The fourth-order valence-electron chi connectivity index (χ4n) is 2.26. The van der Waals surface area contributed by atoms with Gasteiger partial charge in [-0.1, -0.05) is 6.07 Å². The van der Waals surface area contributed by atoms with Crippen LogP contribution in [-0.4, -0.2) is 36.7 Å². The van der Waals surface area contributed by atoms with Gasteiger partial charge in [0.2, 0.25) is 10.0 Å². The van der Waals surface area contributed by atoms with E-state index in [1.165, 1.54) is 0 Å². The van der Waals surface area contributed by atoms with Crippen molar-refractivity contribution in [2.75, 3.05) is 23.7 Å². The highest BCUT2D eigenvalue weighted by Crippen LogP contribution is 2.17. The second-order valence-electron chi connectivity index (χ2n) is 5.54. The summed E-state index contributed by atoms with van der Waals surface area (Å²) < 4.78 is 53.4. The summed E-state index contributed by atoms with van der Waals surface area (Å²) in [6, 6.07) is 9.75. The zero-order valence-corrected chi connectivity index (χ0v) is 15.2. The van der Waals surface area contributed by atoms with Crippen LogP contribution in [0, 0.1) is 11.6 Å². The van der Waals surface area contributed by atoms with Gasteiger partial charge >= 0.3 is 0 Å². The first kappa shape index (κ1) is 19.6. The molecule has 3 aromatic rings. The molecule has 146 valence electrons. The summed E-state index contributed by atoms with van der Waals surface area (Å²) in [5.74, 6) is -1.36. The van der Waals surface area contributed by atoms with Crippen LogP contribution in [0.5, 0.6) is 0 Å². The summed E-state index contributed by atoms with van der Waals surface area (Å²) in [6.45, 7) is 0.0376. The average Bonchev–Trinajstić information content (AvgIpc) is 2.67. The summed E-state index contributed by atoms with van der Waals surface area (Å²) in [6.07, 6.45) is 3.28. The van der Waals surface area contributed by atoms with E-state index in [0.29, 0.717) is 11.6 Å². The topological polar surface area (TPSA) is 109 Å². The molecule has 28 heavy (non-hydrogen) atoms. The largest absolute Gasteiger partial charge is 0.367 e. The highest BCUT2D eigenvalue weighted by Gasteiger charge is 2.23. The third kappa shape index (κ3) is 4.96. The molecule has 0 aliphatic rings. The van der Waals surface area contributed by atoms with Crippen LogP contribution in [0.1, 0.15) is 0 Å². The number of pyridine rings is 1. The quantitative estimate of drug-likeness (QED) is 0.493. The van der Waals surface area contributed by atoms with E-state index in [0.717, 1.165) is 23.9 Å². The van der Waals surface area contributed by atoms with Crippen LogP contribution in [-0.2, 0) is 10.0 Å². The SMILES string of the molecule is O=S(=O)(NCCNc1ccc(Nc2ccncc2)nn1)c1c(F)cccc1F. The number of sulfonamides is 1. The van der Waals surface area contributed by atoms with E-state index in [4.69, 9.17) is 0 Å². The van der Waals surface area contributed by atoms with E-state index >= 15 is 0 Å². The third-order valence-corrected chi connectivity index (χ3v) is 5.04. The average molecular weight is 406 g/mol. The molecule has 0 aliphatic carbocycles.